The van der Waals surface area contributed by atoms with Gasteiger partial charge in [0.2, 0.25) is 10.0 Å². The Hall–Kier alpha value is -1.65. The lowest BCUT2D eigenvalue weighted by Crippen LogP contribution is -2.26. The monoisotopic (exact) mass is 289 g/mol. The van der Waals surface area contributed by atoms with Crippen LogP contribution in [0.1, 0.15) is 29.7 Å². The van der Waals surface area contributed by atoms with E-state index in [2.05, 4.69) is 4.72 Å². The van der Waals surface area contributed by atoms with Gasteiger partial charge in [-0.05, 0) is 38.5 Å². The highest BCUT2D eigenvalue weighted by Crippen LogP contribution is 2.18. The first kappa shape index (κ1) is 14.8. The molecule has 20 heavy (non-hydrogen) atoms. The van der Waals surface area contributed by atoms with E-state index < -0.39 is 10.0 Å². The maximum absolute atomic E-state index is 12.3. The summed E-state index contributed by atoms with van der Waals surface area (Å²) in [4.78, 5) is 0.294. The third-order valence-corrected chi connectivity index (χ3v) is 4.76. The molecule has 0 aliphatic carbocycles. The van der Waals surface area contributed by atoms with Crippen LogP contribution in [0.5, 0.6) is 0 Å². The third-order valence-electron chi connectivity index (χ3n) is 3.21. The van der Waals surface area contributed by atoms with Gasteiger partial charge in [0.1, 0.15) is 0 Å². The first-order valence-electron chi connectivity index (χ1n) is 6.54. The van der Waals surface area contributed by atoms with E-state index in [0.717, 1.165) is 16.7 Å². The van der Waals surface area contributed by atoms with E-state index in [1.165, 1.54) is 0 Å². The second kappa shape index (κ2) is 5.77. The molecule has 0 aliphatic rings. The Bertz CT molecular complexity index is 691. The molecule has 0 aliphatic heterocycles. The fourth-order valence-corrected chi connectivity index (χ4v) is 3.26. The van der Waals surface area contributed by atoms with E-state index >= 15 is 0 Å². The first-order chi connectivity index (χ1) is 9.38. The lowest BCUT2D eigenvalue weighted by molar-refractivity contribution is 0.567. The minimum atomic E-state index is -3.49. The molecule has 0 saturated heterocycles. The first-order valence-corrected chi connectivity index (χ1v) is 8.02. The molecule has 2 aromatic carbocycles. The van der Waals surface area contributed by atoms with Gasteiger partial charge < -0.3 is 0 Å². The Balaban J connectivity index is 2.22. The number of sulfonamides is 1. The van der Waals surface area contributed by atoms with Crippen molar-refractivity contribution in [2.75, 3.05) is 0 Å². The molecule has 0 heterocycles. The van der Waals surface area contributed by atoms with Crippen molar-refractivity contribution in [2.45, 2.75) is 31.7 Å². The van der Waals surface area contributed by atoms with Gasteiger partial charge in [-0.1, -0.05) is 47.5 Å². The zero-order chi connectivity index (χ0) is 14.8. The van der Waals surface area contributed by atoms with Gasteiger partial charge in [0, 0.05) is 6.04 Å². The zero-order valence-electron chi connectivity index (χ0n) is 11.9. The number of hydrogen-bond donors (Lipinski definition) is 1. The summed E-state index contributed by atoms with van der Waals surface area (Å²) in [6, 6.07) is 14.4. The van der Waals surface area contributed by atoms with Crippen LogP contribution in [0.2, 0.25) is 0 Å². The second-order valence-electron chi connectivity index (χ2n) is 5.07. The number of aryl methyl sites for hydroxylation is 2. The fraction of sp³-hybridized carbons (Fsp3) is 0.250. The minimum Gasteiger partial charge on any atom is -0.207 e. The van der Waals surface area contributed by atoms with Crippen molar-refractivity contribution in [1.82, 2.24) is 4.72 Å². The van der Waals surface area contributed by atoms with Gasteiger partial charge in [0.15, 0.2) is 0 Å². The van der Waals surface area contributed by atoms with Gasteiger partial charge in [0.25, 0.3) is 0 Å². The van der Waals surface area contributed by atoms with Gasteiger partial charge in [-0.15, -0.1) is 0 Å². The van der Waals surface area contributed by atoms with Gasteiger partial charge in [-0.25, -0.2) is 13.1 Å². The van der Waals surface area contributed by atoms with Gasteiger partial charge in [0.05, 0.1) is 4.90 Å². The minimum absolute atomic E-state index is 0.263. The maximum atomic E-state index is 12.3. The highest BCUT2D eigenvalue weighted by Gasteiger charge is 2.18. The quantitative estimate of drug-likeness (QED) is 0.938. The summed E-state index contributed by atoms with van der Waals surface area (Å²) < 4.78 is 27.3. The van der Waals surface area contributed by atoms with E-state index in [0.29, 0.717) is 4.90 Å². The van der Waals surface area contributed by atoms with Crippen molar-refractivity contribution in [3.63, 3.8) is 0 Å². The molecule has 106 valence electrons. The molecule has 0 saturated carbocycles. The van der Waals surface area contributed by atoms with E-state index in [1.54, 1.807) is 24.3 Å². The molecular formula is C16H19NO2S. The number of benzene rings is 2. The molecule has 1 N–H and O–H groups in total. The Morgan fingerprint density at radius 3 is 2.20 bits per heavy atom. The second-order valence-corrected chi connectivity index (χ2v) is 6.78. The SMILES string of the molecule is Cc1ccc(S(=O)(=O)N[C@@H](C)c2cccc(C)c2)cc1. The summed E-state index contributed by atoms with van der Waals surface area (Å²) >= 11 is 0. The van der Waals surface area contributed by atoms with Crippen LogP contribution in [0.4, 0.5) is 0 Å². The smallest absolute Gasteiger partial charge is 0.207 e. The third kappa shape index (κ3) is 3.46. The average Bonchev–Trinajstić information content (AvgIpc) is 2.38. The summed E-state index contributed by atoms with van der Waals surface area (Å²) in [5, 5.41) is 0. The molecule has 0 unspecified atom stereocenters. The maximum Gasteiger partial charge on any atom is 0.241 e. The van der Waals surface area contributed by atoms with Crippen LogP contribution in [-0.2, 0) is 10.0 Å². The number of rotatable bonds is 4. The van der Waals surface area contributed by atoms with Crippen molar-refractivity contribution in [1.29, 1.82) is 0 Å². The molecule has 1 atom stereocenters. The van der Waals surface area contributed by atoms with E-state index in [4.69, 9.17) is 0 Å². The van der Waals surface area contributed by atoms with Crippen molar-refractivity contribution >= 4 is 10.0 Å². The van der Waals surface area contributed by atoms with E-state index in [-0.39, 0.29) is 6.04 Å². The van der Waals surface area contributed by atoms with Gasteiger partial charge in [-0.3, -0.25) is 0 Å². The van der Waals surface area contributed by atoms with Crippen LogP contribution in [-0.4, -0.2) is 8.42 Å². The topological polar surface area (TPSA) is 46.2 Å². The van der Waals surface area contributed by atoms with Gasteiger partial charge >= 0.3 is 0 Å². The zero-order valence-corrected chi connectivity index (χ0v) is 12.7. The largest absolute Gasteiger partial charge is 0.241 e. The molecule has 0 radical (unpaired) electrons. The van der Waals surface area contributed by atoms with E-state index in [9.17, 15) is 8.42 Å². The Labute approximate surface area is 120 Å². The molecule has 0 spiro atoms. The molecule has 4 heteroatoms. The summed E-state index contributed by atoms with van der Waals surface area (Å²) in [5.74, 6) is 0. The number of nitrogens with one attached hydrogen (secondary N) is 1. The normalized spacial score (nSPS) is 13.2. The van der Waals surface area contributed by atoms with Crippen LogP contribution in [0.15, 0.2) is 53.4 Å². The van der Waals surface area contributed by atoms with Crippen LogP contribution in [0.25, 0.3) is 0 Å². The summed E-state index contributed by atoms with van der Waals surface area (Å²) in [6.45, 7) is 5.77. The Morgan fingerprint density at radius 1 is 0.950 bits per heavy atom. The average molecular weight is 289 g/mol. The summed E-state index contributed by atoms with van der Waals surface area (Å²) in [5.41, 5.74) is 3.11. The van der Waals surface area contributed by atoms with Crippen LogP contribution in [0, 0.1) is 13.8 Å². The molecule has 2 aromatic rings. The standard InChI is InChI=1S/C16H19NO2S/c1-12-7-9-16(10-8-12)20(18,19)17-14(3)15-6-4-5-13(2)11-15/h4-11,14,17H,1-3H3/t14-/m0/s1. The lowest BCUT2D eigenvalue weighted by Gasteiger charge is -2.15. The van der Waals surface area contributed by atoms with Crippen molar-refractivity contribution in [3.8, 4) is 0 Å². The number of hydrogen-bond acceptors (Lipinski definition) is 2. The highest BCUT2D eigenvalue weighted by molar-refractivity contribution is 7.89. The van der Waals surface area contributed by atoms with Crippen molar-refractivity contribution in [3.05, 3.63) is 65.2 Å². The molecule has 3 nitrogen and oxygen atoms in total. The Morgan fingerprint density at radius 2 is 1.60 bits per heavy atom. The predicted octanol–water partition coefficient (Wildman–Crippen LogP) is 3.34. The van der Waals surface area contributed by atoms with E-state index in [1.807, 2.05) is 45.0 Å². The van der Waals surface area contributed by atoms with Gasteiger partial charge in [-0.2, -0.15) is 0 Å². The molecule has 0 bridgehead atoms. The highest BCUT2D eigenvalue weighted by atomic mass is 32.2. The summed E-state index contributed by atoms with van der Waals surface area (Å²) in [6.07, 6.45) is 0. The van der Waals surface area contributed by atoms with Crippen LogP contribution in [0.3, 0.4) is 0 Å². The van der Waals surface area contributed by atoms with Crippen molar-refractivity contribution in [2.24, 2.45) is 0 Å². The predicted molar refractivity (Wildman–Crippen MR) is 81.1 cm³/mol. The summed E-state index contributed by atoms with van der Waals surface area (Å²) in [7, 11) is -3.49. The van der Waals surface area contributed by atoms with Crippen LogP contribution >= 0.6 is 0 Å². The molecule has 0 aromatic heterocycles. The molecule has 0 amide bonds. The lowest BCUT2D eigenvalue weighted by atomic mass is 10.1. The van der Waals surface area contributed by atoms with Crippen molar-refractivity contribution < 1.29 is 8.42 Å². The molecule has 2 rings (SSSR count). The molecular weight excluding hydrogens is 270 g/mol. The van der Waals surface area contributed by atoms with Crippen LogP contribution < -0.4 is 4.72 Å². The molecule has 0 fully saturated rings. The fourth-order valence-electron chi connectivity index (χ4n) is 2.03. The Kier molecular flexibility index (Phi) is 4.26.